The Hall–Kier alpha value is -3.81. The summed E-state index contributed by atoms with van der Waals surface area (Å²) >= 11 is 0. The lowest BCUT2D eigenvalue weighted by Crippen LogP contribution is -2.49. The third-order valence-corrected chi connectivity index (χ3v) is 6.65. The number of carbonyl (C=O) groups is 2. The van der Waals surface area contributed by atoms with Crippen LogP contribution in [0, 0.1) is 17.5 Å². The number of cyclic esters (lactones) is 1. The molecule has 5 nitrogen and oxygen atoms in total. The van der Waals surface area contributed by atoms with Gasteiger partial charge in [0.15, 0.2) is 0 Å². The van der Waals surface area contributed by atoms with E-state index in [1.165, 1.54) is 54.3 Å². The Bertz CT molecular complexity index is 1250. The van der Waals surface area contributed by atoms with Gasteiger partial charge in [0, 0.05) is 38.4 Å². The van der Waals surface area contributed by atoms with Gasteiger partial charge in [-0.15, -0.1) is 0 Å². The normalized spacial score (nSPS) is 18.5. The summed E-state index contributed by atoms with van der Waals surface area (Å²) in [5.74, 6) is -1.49. The highest BCUT2D eigenvalue weighted by Crippen LogP contribution is 2.40. The summed E-state index contributed by atoms with van der Waals surface area (Å²) in [4.78, 5) is 26.1. The van der Waals surface area contributed by atoms with Gasteiger partial charge in [0.2, 0.25) is 5.91 Å². The van der Waals surface area contributed by atoms with Crippen molar-refractivity contribution in [2.45, 2.75) is 38.3 Å². The topological polar surface area (TPSA) is 58.6 Å². The number of hydrogen-bond acceptors (Lipinski definition) is 3. The number of nitrogens with zero attached hydrogens (tertiary/aromatic N) is 1. The predicted molar refractivity (Wildman–Crippen MR) is 129 cm³/mol. The number of nitrogens with one attached hydrogen (secondary N) is 1. The standard InChI is InChI=1S/C28H27F3N2O3/c1-18(21-5-12-25(26(31)17-21)20-3-8-23(29)9-4-20)33-16-14-28(36-27(33)35,13-15-32-19(2)34)22-6-10-24(30)11-7-22/h3-12,17-18H,13-16H2,1-2H3,(H,32,34)/t18-,28-/m0/s1. The molecule has 0 aromatic heterocycles. The molecule has 2 amide bonds. The molecule has 2 atom stereocenters. The minimum atomic E-state index is -1.03. The predicted octanol–water partition coefficient (Wildman–Crippen LogP) is 6.10. The molecule has 0 unspecified atom stereocenters. The summed E-state index contributed by atoms with van der Waals surface area (Å²) in [6.45, 7) is 3.79. The average Bonchev–Trinajstić information content (AvgIpc) is 2.84. The highest BCUT2D eigenvalue weighted by molar-refractivity contribution is 5.73. The Balaban J connectivity index is 1.53. The van der Waals surface area contributed by atoms with E-state index in [-0.39, 0.29) is 12.5 Å². The van der Waals surface area contributed by atoms with Gasteiger partial charge in [-0.1, -0.05) is 36.4 Å². The molecule has 1 aliphatic heterocycles. The van der Waals surface area contributed by atoms with Gasteiger partial charge in [-0.25, -0.2) is 18.0 Å². The fourth-order valence-electron chi connectivity index (χ4n) is 4.57. The van der Waals surface area contributed by atoms with Crippen molar-refractivity contribution in [1.29, 1.82) is 0 Å². The summed E-state index contributed by atoms with van der Waals surface area (Å²) in [7, 11) is 0. The van der Waals surface area contributed by atoms with Crippen LogP contribution >= 0.6 is 0 Å². The molecule has 1 aliphatic rings. The van der Waals surface area contributed by atoms with Crippen LogP contribution in [-0.2, 0) is 15.1 Å². The van der Waals surface area contributed by atoms with Crippen LogP contribution in [0.4, 0.5) is 18.0 Å². The molecule has 8 heteroatoms. The second kappa shape index (κ2) is 10.4. The number of amides is 2. The van der Waals surface area contributed by atoms with Gasteiger partial charge >= 0.3 is 6.09 Å². The molecule has 0 spiro atoms. The SMILES string of the molecule is CC(=O)NCC[C@@]1(c2ccc(F)cc2)CCN([C@@H](C)c2ccc(-c3ccc(F)cc3)c(F)c2)C(=O)O1. The lowest BCUT2D eigenvalue weighted by atomic mass is 9.85. The Labute approximate surface area is 207 Å². The number of carbonyl (C=O) groups excluding carboxylic acids is 2. The van der Waals surface area contributed by atoms with Crippen LogP contribution in [0.15, 0.2) is 66.7 Å². The number of rotatable bonds is 7. The van der Waals surface area contributed by atoms with Crippen molar-refractivity contribution in [3.05, 3.63) is 95.3 Å². The van der Waals surface area contributed by atoms with E-state index < -0.39 is 35.2 Å². The smallest absolute Gasteiger partial charge is 0.411 e. The second-order valence-corrected chi connectivity index (χ2v) is 8.97. The zero-order chi connectivity index (χ0) is 25.9. The van der Waals surface area contributed by atoms with Crippen molar-refractivity contribution >= 4 is 12.0 Å². The van der Waals surface area contributed by atoms with E-state index in [0.29, 0.717) is 41.6 Å². The van der Waals surface area contributed by atoms with Crippen LogP contribution in [0.3, 0.4) is 0 Å². The van der Waals surface area contributed by atoms with E-state index in [1.807, 2.05) is 0 Å². The van der Waals surface area contributed by atoms with E-state index in [9.17, 15) is 22.8 Å². The van der Waals surface area contributed by atoms with Gasteiger partial charge in [-0.05, 0) is 53.9 Å². The molecular weight excluding hydrogens is 469 g/mol. The molecule has 0 aliphatic carbocycles. The molecule has 1 fully saturated rings. The second-order valence-electron chi connectivity index (χ2n) is 8.97. The maximum Gasteiger partial charge on any atom is 0.411 e. The zero-order valence-corrected chi connectivity index (χ0v) is 20.1. The zero-order valence-electron chi connectivity index (χ0n) is 20.1. The molecule has 0 radical (unpaired) electrons. The molecule has 3 aromatic carbocycles. The largest absolute Gasteiger partial charge is 0.438 e. The van der Waals surface area contributed by atoms with Gasteiger partial charge < -0.3 is 15.0 Å². The maximum absolute atomic E-state index is 14.9. The molecular formula is C28H27F3N2O3. The molecule has 36 heavy (non-hydrogen) atoms. The highest BCUT2D eigenvalue weighted by Gasteiger charge is 2.43. The van der Waals surface area contributed by atoms with Crippen molar-refractivity contribution in [3.8, 4) is 11.1 Å². The van der Waals surface area contributed by atoms with Crippen molar-refractivity contribution in [2.75, 3.05) is 13.1 Å². The summed E-state index contributed by atoms with van der Waals surface area (Å²) < 4.78 is 47.7. The van der Waals surface area contributed by atoms with Crippen molar-refractivity contribution in [3.63, 3.8) is 0 Å². The minimum absolute atomic E-state index is 0.201. The van der Waals surface area contributed by atoms with Crippen LogP contribution in [0.1, 0.15) is 43.9 Å². The fraction of sp³-hybridized carbons (Fsp3) is 0.286. The lowest BCUT2D eigenvalue weighted by molar-refractivity contribution is -0.119. The number of hydrogen-bond donors (Lipinski definition) is 1. The maximum atomic E-state index is 14.9. The van der Waals surface area contributed by atoms with Gasteiger partial charge in [-0.3, -0.25) is 4.79 Å². The first kappa shape index (κ1) is 25.3. The summed E-state index contributed by atoms with van der Waals surface area (Å²) in [5.41, 5.74) is 1.09. The van der Waals surface area contributed by atoms with Gasteiger partial charge in [0.1, 0.15) is 23.1 Å². The fourth-order valence-corrected chi connectivity index (χ4v) is 4.57. The van der Waals surface area contributed by atoms with Gasteiger partial charge in [0.25, 0.3) is 0 Å². The Morgan fingerprint density at radius 2 is 1.67 bits per heavy atom. The average molecular weight is 497 g/mol. The highest BCUT2D eigenvalue weighted by atomic mass is 19.1. The van der Waals surface area contributed by atoms with Crippen molar-refractivity contribution < 1.29 is 27.5 Å². The monoisotopic (exact) mass is 496 g/mol. The third-order valence-electron chi connectivity index (χ3n) is 6.65. The molecule has 3 aromatic rings. The molecule has 0 bridgehead atoms. The Morgan fingerprint density at radius 3 is 2.25 bits per heavy atom. The molecule has 1 saturated heterocycles. The van der Waals surface area contributed by atoms with E-state index in [1.54, 1.807) is 31.2 Å². The minimum Gasteiger partial charge on any atom is -0.438 e. The first-order valence-corrected chi connectivity index (χ1v) is 11.7. The van der Waals surface area contributed by atoms with Crippen molar-refractivity contribution in [2.24, 2.45) is 0 Å². The lowest BCUT2D eigenvalue weighted by Gasteiger charge is -2.43. The summed E-state index contributed by atoms with van der Waals surface area (Å²) in [5, 5.41) is 2.72. The number of benzene rings is 3. The van der Waals surface area contributed by atoms with Crippen LogP contribution in [0.25, 0.3) is 11.1 Å². The van der Waals surface area contributed by atoms with E-state index in [4.69, 9.17) is 4.74 Å². The van der Waals surface area contributed by atoms with Crippen molar-refractivity contribution in [1.82, 2.24) is 10.2 Å². The Kier molecular flexibility index (Phi) is 7.33. The molecule has 4 rings (SSSR count). The van der Waals surface area contributed by atoms with Gasteiger partial charge in [-0.2, -0.15) is 0 Å². The van der Waals surface area contributed by atoms with E-state index >= 15 is 0 Å². The number of ether oxygens (including phenoxy) is 1. The third kappa shape index (κ3) is 5.37. The van der Waals surface area contributed by atoms with Crippen LogP contribution in [0.2, 0.25) is 0 Å². The van der Waals surface area contributed by atoms with E-state index in [2.05, 4.69) is 5.32 Å². The molecule has 1 N–H and O–H groups in total. The first-order valence-electron chi connectivity index (χ1n) is 11.7. The Morgan fingerprint density at radius 1 is 1.03 bits per heavy atom. The first-order chi connectivity index (χ1) is 17.2. The molecule has 1 heterocycles. The quantitative estimate of drug-likeness (QED) is 0.430. The number of halogens is 3. The van der Waals surface area contributed by atoms with Crippen LogP contribution in [-0.4, -0.2) is 30.0 Å². The van der Waals surface area contributed by atoms with Crippen LogP contribution < -0.4 is 5.32 Å². The summed E-state index contributed by atoms with van der Waals surface area (Å²) in [6.07, 6.45) is 0.154. The molecule has 188 valence electrons. The van der Waals surface area contributed by atoms with E-state index in [0.717, 1.165) is 0 Å². The van der Waals surface area contributed by atoms with Gasteiger partial charge in [0.05, 0.1) is 6.04 Å². The van der Waals surface area contributed by atoms with Crippen LogP contribution in [0.5, 0.6) is 0 Å². The summed E-state index contributed by atoms with van der Waals surface area (Å²) in [6, 6.07) is 15.6. The molecule has 0 saturated carbocycles.